The molecule has 2 aliphatic heterocycles. The van der Waals surface area contributed by atoms with Crippen LogP contribution < -0.4 is 10.0 Å². The monoisotopic (exact) mass is 404 g/mol. The predicted molar refractivity (Wildman–Crippen MR) is 103 cm³/mol. The molecule has 0 radical (unpaired) electrons. The van der Waals surface area contributed by atoms with Crippen molar-refractivity contribution in [2.45, 2.75) is 43.7 Å². The maximum atomic E-state index is 12.8. The van der Waals surface area contributed by atoms with E-state index in [1.54, 1.807) is 35.2 Å². The van der Waals surface area contributed by atoms with Crippen molar-refractivity contribution in [2.75, 3.05) is 18.4 Å². The zero-order valence-electron chi connectivity index (χ0n) is 15.7. The first-order valence-electron chi connectivity index (χ1n) is 9.60. The van der Waals surface area contributed by atoms with Crippen LogP contribution in [0.4, 0.5) is 5.69 Å². The predicted octanol–water partition coefficient (Wildman–Crippen LogP) is 2.21. The zero-order chi connectivity index (χ0) is 19.7. The van der Waals surface area contributed by atoms with Gasteiger partial charge >= 0.3 is 0 Å². The van der Waals surface area contributed by atoms with Crippen molar-refractivity contribution >= 4 is 21.6 Å². The first-order valence-corrected chi connectivity index (χ1v) is 11.1. The second-order valence-electron chi connectivity index (χ2n) is 7.32. The Labute approximate surface area is 164 Å². The average molecular weight is 404 g/mol. The molecule has 2 unspecified atom stereocenters. The molecule has 1 fully saturated rings. The van der Waals surface area contributed by atoms with Gasteiger partial charge in [-0.25, -0.2) is 8.42 Å². The fraction of sp³-hybridized carbons (Fsp3) is 0.474. The van der Waals surface area contributed by atoms with Crippen LogP contribution in [0.25, 0.3) is 0 Å². The average Bonchev–Trinajstić information content (AvgIpc) is 3.16. The van der Waals surface area contributed by atoms with E-state index in [0.29, 0.717) is 30.2 Å². The lowest BCUT2D eigenvalue weighted by molar-refractivity contribution is 0.0648. The number of nitrogens with one attached hydrogen (secondary N) is 2. The van der Waals surface area contributed by atoms with Gasteiger partial charge in [-0.15, -0.1) is 0 Å². The fourth-order valence-electron chi connectivity index (χ4n) is 3.87. The number of piperidine rings is 1. The second-order valence-corrected chi connectivity index (χ2v) is 9.00. The molecule has 150 valence electrons. The zero-order valence-corrected chi connectivity index (χ0v) is 16.5. The van der Waals surface area contributed by atoms with Gasteiger partial charge in [0.1, 0.15) is 10.7 Å². The van der Waals surface area contributed by atoms with Crippen LogP contribution >= 0.6 is 0 Å². The first-order chi connectivity index (χ1) is 13.5. The summed E-state index contributed by atoms with van der Waals surface area (Å²) in [6, 6.07) is 8.55. The summed E-state index contributed by atoms with van der Waals surface area (Å²) < 4.78 is 33.1. The molecule has 2 aliphatic rings. The Morgan fingerprint density at radius 2 is 2.18 bits per heavy atom. The van der Waals surface area contributed by atoms with Crippen LogP contribution in [0.15, 0.2) is 39.8 Å². The van der Waals surface area contributed by atoms with Crippen LogP contribution in [0.2, 0.25) is 0 Å². The van der Waals surface area contributed by atoms with E-state index in [2.05, 4.69) is 15.2 Å². The number of nitrogens with zero attached hydrogens (tertiary/aromatic N) is 2. The van der Waals surface area contributed by atoms with Crippen molar-refractivity contribution in [2.24, 2.45) is 5.92 Å². The molecule has 0 aliphatic carbocycles. The quantitative estimate of drug-likeness (QED) is 0.810. The molecule has 1 aromatic heterocycles. The standard InChI is InChI=1S/C19H24N4O4S/c1-2-6-14-11-16(21-27-14)19(24)23-10-5-7-13(12-23)18-20-15-8-3-4-9-17(15)28(25,26)22-18/h3-4,8-9,11,13,18,20,22H,2,5-7,10,12H2,1H3. The Kier molecular flexibility index (Phi) is 5.11. The topological polar surface area (TPSA) is 105 Å². The second kappa shape index (κ2) is 7.56. The molecule has 4 rings (SSSR count). The van der Waals surface area contributed by atoms with Crippen molar-refractivity contribution < 1.29 is 17.7 Å². The Morgan fingerprint density at radius 3 is 3.00 bits per heavy atom. The summed E-state index contributed by atoms with van der Waals surface area (Å²) in [5.41, 5.74) is 0.905. The number of carbonyl (C=O) groups excluding carboxylic acids is 1. The molecular formula is C19H24N4O4S. The third-order valence-electron chi connectivity index (χ3n) is 5.26. The molecule has 0 saturated carbocycles. The molecule has 9 heteroatoms. The van der Waals surface area contributed by atoms with Crippen molar-refractivity contribution in [3.8, 4) is 0 Å². The fourth-order valence-corrected chi connectivity index (χ4v) is 5.26. The number of para-hydroxylation sites is 1. The van der Waals surface area contributed by atoms with Gasteiger partial charge in [0.25, 0.3) is 5.91 Å². The summed E-state index contributed by atoms with van der Waals surface area (Å²) >= 11 is 0. The molecule has 0 spiro atoms. The van der Waals surface area contributed by atoms with E-state index >= 15 is 0 Å². The van der Waals surface area contributed by atoms with E-state index in [-0.39, 0.29) is 16.7 Å². The maximum Gasteiger partial charge on any atom is 0.276 e. The molecule has 28 heavy (non-hydrogen) atoms. The molecule has 1 saturated heterocycles. The van der Waals surface area contributed by atoms with Crippen molar-refractivity contribution in [3.05, 3.63) is 41.8 Å². The SMILES string of the molecule is CCCc1cc(C(=O)N2CCCC(C3Nc4ccccc4S(=O)(=O)N3)C2)no1. The lowest BCUT2D eigenvalue weighted by Gasteiger charge is -2.39. The minimum Gasteiger partial charge on any atom is -0.368 e. The third kappa shape index (κ3) is 3.64. The highest BCUT2D eigenvalue weighted by molar-refractivity contribution is 7.89. The van der Waals surface area contributed by atoms with Gasteiger partial charge in [0.05, 0.1) is 11.9 Å². The van der Waals surface area contributed by atoms with Gasteiger partial charge in [-0.1, -0.05) is 24.2 Å². The minimum absolute atomic E-state index is 0.0390. The van der Waals surface area contributed by atoms with E-state index < -0.39 is 16.2 Å². The number of carbonyl (C=O) groups is 1. The number of fused-ring (bicyclic) bond motifs is 1. The number of amides is 1. The van der Waals surface area contributed by atoms with Gasteiger partial charge < -0.3 is 14.7 Å². The Hall–Kier alpha value is -2.39. The van der Waals surface area contributed by atoms with Gasteiger partial charge in [-0.2, -0.15) is 4.72 Å². The van der Waals surface area contributed by atoms with E-state index in [1.807, 2.05) is 6.92 Å². The first kappa shape index (κ1) is 18.9. The highest BCUT2D eigenvalue weighted by atomic mass is 32.2. The summed E-state index contributed by atoms with van der Waals surface area (Å²) in [6.07, 6.45) is 2.84. The molecule has 3 heterocycles. The molecular weight excluding hydrogens is 380 g/mol. The molecule has 8 nitrogen and oxygen atoms in total. The highest BCUT2D eigenvalue weighted by Crippen LogP contribution is 2.30. The molecule has 1 amide bonds. The van der Waals surface area contributed by atoms with Gasteiger partial charge in [-0.3, -0.25) is 4.79 Å². The van der Waals surface area contributed by atoms with Gasteiger partial charge in [0.15, 0.2) is 5.69 Å². The van der Waals surface area contributed by atoms with Crippen LogP contribution in [0.1, 0.15) is 42.4 Å². The molecule has 1 aromatic carbocycles. The van der Waals surface area contributed by atoms with E-state index in [0.717, 1.165) is 25.7 Å². The number of anilines is 1. The lowest BCUT2D eigenvalue weighted by Crippen LogP contribution is -2.54. The molecule has 2 atom stereocenters. The Bertz CT molecular complexity index is 972. The summed E-state index contributed by atoms with van der Waals surface area (Å²) in [5.74, 6) is 0.496. The maximum absolute atomic E-state index is 12.8. The number of sulfonamides is 1. The summed E-state index contributed by atoms with van der Waals surface area (Å²) in [6.45, 7) is 3.12. The third-order valence-corrected chi connectivity index (χ3v) is 6.76. The molecule has 2 N–H and O–H groups in total. The van der Waals surface area contributed by atoms with E-state index in [9.17, 15) is 13.2 Å². The summed E-state index contributed by atoms with van der Waals surface area (Å²) in [5, 5.41) is 7.19. The van der Waals surface area contributed by atoms with Crippen LogP contribution in [0.3, 0.4) is 0 Å². The number of rotatable bonds is 4. The summed E-state index contributed by atoms with van der Waals surface area (Å²) in [7, 11) is -3.58. The Morgan fingerprint density at radius 1 is 1.36 bits per heavy atom. The number of aromatic nitrogens is 1. The van der Waals surface area contributed by atoms with Crippen LogP contribution in [-0.4, -0.2) is 43.6 Å². The van der Waals surface area contributed by atoms with Gasteiger partial charge in [-0.05, 0) is 31.4 Å². The number of hydrogen-bond donors (Lipinski definition) is 2. The van der Waals surface area contributed by atoms with Gasteiger partial charge in [0.2, 0.25) is 10.0 Å². The van der Waals surface area contributed by atoms with Gasteiger partial charge in [0, 0.05) is 31.5 Å². The van der Waals surface area contributed by atoms with Crippen molar-refractivity contribution in [1.29, 1.82) is 0 Å². The van der Waals surface area contributed by atoms with Crippen LogP contribution in [0.5, 0.6) is 0 Å². The van der Waals surface area contributed by atoms with Crippen LogP contribution in [-0.2, 0) is 16.4 Å². The van der Waals surface area contributed by atoms with E-state index in [4.69, 9.17) is 4.52 Å². The number of hydrogen-bond acceptors (Lipinski definition) is 6. The smallest absolute Gasteiger partial charge is 0.276 e. The largest absolute Gasteiger partial charge is 0.368 e. The molecule has 2 aromatic rings. The highest BCUT2D eigenvalue weighted by Gasteiger charge is 2.37. The lowest BCUT2D eigenvalue weighted by atomic mass is 9.94. The van der Waals surface area contributed by atoms with Crippen LogP contribution in [0, 0.1) is 5.92 Å². The Balaban J connectivity index is 1.49. The van der Waals surface area contributed by atoms with E-state index in [1.165, 1.54) is 0 Å². The van der Waals surface area contributed by atoms with Crippen molar-refractivity contribution in [3.63, 3.8) is 0 Å². The molecule has 0 bridgehead atoms. The normalized spacial score (nSPS) is 23.7. The number of likely N-dealkylation sites (tertiary alicyclic amines) is 1. The number of benzene rings is 1. The van der Waals surface area contributed by atoms with Crippen molar-refractivity contribution in [1.82, 2.24) is 14.8 Å². The summed E-state index contributed by atoms with van der Waals surface area (Å²) in [4.78, 5) is 14.8. The minimum atomic E-state index is -3.58. The number of aryl methyl sites for hydroxylation is 1.